The number of rotatable bonds is 7. The first-order valence-electron chi connectivity index (χ1n) is 13.8. The molecule has 1 saturated heterocycles. The molecule has 1 unspecified atom stereocenters. The van der Waals surface area contributed by atoms with Crippen molar-refractivity contribution in [3.63, 3.8) is 0 Å². The van der Waals surface area contributed by atoms with Crippen molar-refractivity contribution in [2.24, 2.45) is 0 Å². The molecule has 1 aromatic heterocycles. The van der Waals surface area contributed by atoms with Gasteiger partial charge in [-0.15, -0.1) is 0 Å². The molecule has 2 aliphatic heterocycles. The van der Waals surface area contributed by atoms with Gasteiger partial charge in [-0.1, -0.05) is 65.7 Å². The Morgan fingerprint density at radius 2 is 1.74 bits per heavy atom. The van der Waals surface area contributed by atoms with E-state index in [2.05, 4.69) is 46.3 Å². The molecule has 2 aliphatic rings. The number of pyridine rings is 1. The summed E-state index contributed by atoms with van der Waals surface area (Å²) >= 11 is 12.4. The number of carbonyl (C=O) groups is 2. The summed E-state index contributed by atoms with van der Waals surface area (Å²) in [4.78, 5) is 36.7. The van der Waals surface area contributed by atoms with Gasteiger partial charge in [0, 0.05) is 49.9 Å². The first-order valence-corrected chi connectivity index (χ1v) is 14.6. The summed E-state index contributed by atoms with van der Waals surface area (Å²) in [5.41, 5.74) is 4.45. The number of likely N-dealkylation sites (N-methyl/N-ethyl adjacent to an activating group) is 1. The SMILES string of the molecule is CN(C(=O)CN1C(=O)COc2cc(Cl)c(Cl)cc21)C(CN1CCOCC1)c1ccc(-c2cnc3ccccc3c2)cc1. The van der Waals surface area contributed by atoms with Gasteiger partial charge in [-0.2, -0.15) is 0 Å². The molecule has 4 aromatic rings. The molecule has 3 heterocycles. The average Bonchev–Trinajstić information content (AvgIpc) is 3.02. The number of hydrogen-bond acceptors (Lipinski definition) is 6. The summed E-state index contributed by atoms with van der Waals surface area (Å²) in [6, 6.07) is 21.3. The predicted octanol–water partition coefficient (Wildman–Crippen LogP) is 5.47. The lowest BCUT2D eigenvalue weighted by atomic mass is 9.99. The summed E-state index contributed by atoms with van der Waals surface area (Å²) in [7, 11) is 1.79. The number of carbonyl (C=O) groups excluding carboxylic acids is 2. The van der Waals surface area contributed by atoms with E-state index in [-0.39, 0.29) is 36.0 Å². The molecule has 8 nitrogen and oxygen atoms in total. The average molecular weight is 606 g/mol. The van der Waals surface area contributed by atoms with E-state index in [9.17, 15) is 9.59 Å². The van der Waals surface area contributed by atoms with Crippen LogP contribution in [0, 0.1) is 0 Å². The molecular formula is C32H30Cl2N4O4. The summed E-state index contributed by atoms with van der Waals surface area (Å²) in [5.74, 6) is -0.104. The van der Waals surface area contributed by atoms with E-state index in [1.54, 1.807) is 24.1 Å². The Bertz CT molecular complexity index is 1630. The molecule has 0 saturated carbocycles. The van der Waals surface area contributed by atoms with Gasteiger partial charge in [0.25, 0.3) is 5.91 Å². The minimum absolute atomic E-state index is 0.149. The number of fused-ring (bicyclic) bond motifs is 2. The standard InChI is InChI=1S/C32H30Cl2N4O4/c1-36(31(39)19-38-28-15-25(33)26(34)16-30(28)42-20-32(38)40)29(18-37-10-12-41-13-11-37)22-8-6-21(7-9-22)24-14-23-4-2-3-5-27(23)35-17-24/h2-9,14-17,29H,10-13,18-20H2,1H3. The van der Waals surface area contributed by atoms with Crippen LogP contribution in [0.1, 0.15) is 11.6 Å². The van der Waals surface area contributed by atoms with Crippen LogP contribution in [0.25, 0.3) is 22.0 Å². The number of aromatic nitrogens is 1. The van der Waals surface area contributed by atoms with Crippen LogP contribution in [0.15, 0.2) is 72.9 Å². The molecule has 42 heavy (non-hydrogen) atoms. The topological polar surface area (TPSA) is 75.2 Å². The van der Waals surface area contributed by atoms with Crippen LogP contribution in [-0.4, -0.2) is 79.6 Å². The van der Waals surface area contributed by atoms with E-state index in [4.69, 9.17) is 32.7 Å². The second kappa shape index (κ2) is 12.3. The fourth-order valence-corrected chi connectivity index (χ4v) is 5.71. The molecule has 0 bridgehead atoms. The van der Waals surface area contributed by atoms with Crippen LogP contribution in [0.5, 0.6) is 5.75 Å². The van der Waals surface area contributed by atoms with Crippen LogP contribution in [-0.2, 0) is 14.3 Å². The predicted molar refractivity (Wildman–Crippen MR) is 164 cm³/mol. The van der Waals surface area contributed by atoms with Crippen LogP contribution >= 0.6 is 23.2 Å². The second-order valence-corrected chi connectivity index (χ2v) is 11.3. The van der Waals surface area contributed by atoms with Crippen molar-refractivity contribution in [1.29, 1.82) is 0 Å². The van der Waals surface area contributed by atoms with Gasteiger partial charge in [-0.05, 0) is 29.3 Å². The van der Waals surface area contributed by atoms with Crippen LogP contribution in [0.3, 0.4) is 0 Å². The number of nitrogens with zero attached hydrogens (tertiary/aromatic N) is 4. The van der Waals surface area contributed by atoms with Crippen molar-refractivity contribution in [2.75, 3.05) is 57.9 Å². The number of hydrogen-bond donors (Lipinski definition) is 0. The fraction of sp³-hybridized carbons (Fsp3) is 0.281. The zero-order valence-corrected chi connectivity index (χ0v) is 24.6. The molecule has 216 valence electrons. The van der Waals surface area contributed by atoms with Gasteiger partial charge in [0.15, 0.2) is 6.61 Å². The summed E-state index contributed by atoms with van der Waals surface area (Å²) in [5, 5.41) is 1.69. The maximum absolute atomic E-state index is 13.8. The number of anilines is 1. The van der Waals surface area contributed by atoms with Gasteiger partial charge in [0.2, 0.25) is 5.91 Å². The smallest absolute Gasteiger partial charge is 0.265 e. The maximum Gasteiger partial charge on any atom is 0.265 e. The molecule has 6 rings (SSSR count). The summed E-state index contributed by atoms with van der Waals surface area (Å²) in [6.45, 7) is 3.19. The van der Waals surface area contributed by atoms with Crippen molar-refractivity contribution >= 4 is 51.6 Å². The fourth-order valence-electron chi connectivity index (χ4n) is 5.40. The maximum atomic E-state index is 13.8. The Kier molecular flexibility index (Phi) is 8.31. The number of amides is 2. The lowest BCUT2D eigenvalue weighted by molar-refractivity contribution is -0.133. The zero-order chi connectivity index (χ0) is 29.2. The van der Waals surface area contributed by atoms with Crippen molar-refractivity contribution in [2.45, 2.75) is 6.04 Å². The molecule has 1 atom stereocenters. The van der Waals surface area contributed by atoms with E-state index in [0.717, 1.165) is 40.7 Å². The Morgan fingerprint density at radius 1 is 1.00 bits per heavy atom. The quantitative estimate of drug-likeness (QED) is 0.279. The highest BCUT2D eigenvalue weighted by Crippen LogP contribution is 2.39. The molecule has 0 N–H and O–H groups in total. The Morgan fingerprint density at radius 3 is 2.52 bits per heavy atom. The third kappa shape index (κ3) is 5.94. The van der Waals surface area contributed by atoms with Gasteiger partial charge < -0.3 is 14.4 Å². The van der Waals surface area contributed by atoms with Gasteiger partial charge in [-0.25, -0.2) is 0 Å². The Balaban J connectivity index is 1.26. The molecule has 10 heteroatoms. The monoisotopic (exact) mass is 604 g/mol. The van der Waals surface area contributed by atoms with Crippen LogP contribution in [0.2, 0.25) is 10.0 Å². The first kappa shape index (κ1) is 28.4. The van der Waals surface area contributed by atoms with Crippen LogP contribution in [0.4, 0.5) is 5.69 Å². The van der Waals surface area contributed by atoms with E-state index < -0.39 is 0 Å². The molecule has 2 amide bonds. The van der Waals surface area contributed by atoms with Gasteiger partial charge >= 0.3 is 0 Å². The van der Waals surface area contributed by atoms with Crippen molar-refractivity contribution < 1.29 is 19.1 Å². The van der Waals surface area contributed by atoms with E-state index in [1.165, 1.54) is 4.90 Å². The molecule has 3 aromatic carbocycles. The number of para-hydroxylation sites is 1. The number of ether oxygens (including phenoxy) is 2. The van der Waals surface area contributed by atoms with Crippen molar-refractivity contribution in [3.8, 4) is 16.9 Å². The van der Waals surface area contributed by atoms with E-state index in [1.807, 2.05) is 24.4 Å². The van der Waals surface area contributed by atoms with Crippen molar-refractivity contribution in [1.82, 2.24) is 14.8 Å². The van der Waals surface area contributed by atoms with Crippen molar-refractivity contribution in [3.05, 3.63) is 88.5 Å². The lowest BCUT2D eigenvalue weighted by Gasteiger charge is -2.37. The van der Waals surface area contributed by atoms with Gasteiger partial charge in [0.05, 0.1) is 40.5 Å². The highest BCUT2D eigenvalue weighted by Gasteiger charge is 2.32. The zero-order valence-electron chi connectivity index (χ0n) is 23.1. The summed E-state index contributed by atoms with van der Waals surface area (Å²) in [6.07, 6.45) is 1.88. The third-order valence-electron chi connectivity index (χ3n) is 7.85. The highest BCUT2D eigenvalue weighted by atomic mass is 35.5. The van der Waals surface area contributed by atoms with E-state index in [0.29, 0.717) is 36.2 Å². The first-order chi connectivity index (χ1) is 20.4. The van der Waals surface area contributed by atoms with Gasteiger partial charge in [-0.3, -0.25) is 24.4 Å². The normalized spacial score (nSPS) is 16.2. The van der Waals surface area contributed by atoms with Crippen LogP contribution < -0.4 is 9.64 Å². The molecule has 0 aliphatic carbocycles. The molecule has 1 fully saturated rings. The summed E-state index contributed by atoms with van der Waals surface area (Å²) < 4.78 is 11.1. The lowest BCUT2D eigenvalue weighted by Crippen LogP contribution is -2.48. The minimum atomic E-state index is -0.319. The number of halogens is 2. The molecule has 0 spiro atoms. The van der Waals surface area contributed by atoms with E-state index >= 15 is 0 Å². The second-order valence-electron chi connectivity index (χ2n) is 10.5. The molecular weight excluding hydrogens is 575 g/mol. The number of benzene rings is 3. The van der Waals surface area contributed by atoms with Gasteiger partial charge in [0.1, 0.15) is 12.3 Å². The largest absolute Gasteiger partial charge is 0.482 e. The minimum Gasteiger partial charge on any atom is -0.482 e. The highest BCUT2D eigenvalue weighted by molar-refractivity contribution is 6.42. The Labute approximate surface area is 254 Å². The number of morpholine rings is 1. The third-order valence-corrected chi connectivity index (χ3v) is 8.58. The molecule has 0 radical (unpaired) electrons. The Hall–Kier alpha value is -3.69.